The second-order valence-corrected chi connectivity index (χ2v) is 8.23. The Morgan fingerprint density at radius 1 is 1.28 bits per heavy atom. The number of carbonyl (C=O) groups is 1. The maximum atomic E-state index is 13.0. The zero-order valence-electron chi connectivity index (χ0n) is 17.9. The Balaban J connectivity index is 1.56. The molecular weight excluding hydrogens is 428 g/mol. The fraction of sp³-hybridized carbons (Fsp3) is 0.261. The Morgan fingerprint density at radius 3 is 2.84 bits per heavy atom. The minimum absolute atomic E-state index is 0.227. The van der Waals surface area contributed by atoms with Crippen LogP contribution in [0.3, 0.4) is 0 Å². The van der Waals surface area contributed by atoms with Crippen molar-refractivity contribution in [3.05, 3.63) is 81.7 Å². The van der Waals surface area contributed by atoms with Crippen LogP contribution in [0.15, 0.2) is 59.6 Å². The number of hydrogen-bond donors (Lipinski definition) is 4. The van der Waals surface area contributed by atoms with Crippen LogP contribution in [0.1, 0.15) is 35.7 Å². The van der Waals surface area contributed by atoms with Crippen LogP contribution >= 0.6 is 11.6 Å². The normalized spacial score (nSPS) is 16.2. The summed E-state index contributed by atoms with van der Waals surface area (Å²) in [6, 6.07) is 7.65. The Kier molecular flexibility index (Phi) is 6.27. The average molecular weight is 453 g/mol. The quantitative estimate of drug-likeness (QED) is 0.456. The number of nitrogens with one attached hydrogen (secondary N) is 2. The number of fused-ring (bicyclic) bond motifs is 1. The van der Waals surface area contributed by atoms with E-state index in [0.29, 0.717) is 29.6 Å². The third-order valence-electron chi connectivity index (χ3n) is 5.53. The minimum Gasteiger partial charge on any atom is -0.388 e. The summed E-state index contributed by atoms with van der Waals surface area (Å²) in [4.78, 5) is 21.5. The smallest absolute Gasteiger partial charge is 0.269 e. The summed E-state index contributed by atoms with van der Waals surface area (Å²) >= 11 is 6.07. The number of nitrogens with zero attached hydrogens (tertiary/aromatic N) is 3. The lowest BCUT2D eigenvalue weighted by molar-refractivity contribution is 0.0947. The van der Waals surface area contributed by atoms with Gasteiger partial charge in [-0.05, 0) is 54.8 Å². The summed E-state index contributed by atoms with van der Waals surface area (Å²) in [5, 5.41) is 17.3. The number of rotatable bonds is 6. The molecule has 8 nitrogen and oxygen atoms in total. The first kappa shape index (κ1) is 22.0. The molecule has 2 aromatic heterocycles. The summed E-state index contributed by atoms with van der Waals surface area (Å²) in [7, 11) is 0. The van der Waals surface area contributed by atoms with Crippen LogP contribution in [0.4, 0.5) is 0 Å². The monoisotopic (exact) mass is 452 g/mol. The highest BCUT2D eigenvalue weighted by Gasteiger charge is 2.19. The second-order valence-electron chi connectivity index (χ2n) is 7.79. The molecule has 0 saturated carbocycles. The molecule has 1 aromatic carbocycles. The lowest BCUT2D eigenvalue weighted by atomic mass is 10.0. The Bertz CT molecular complexity index is 1250. The second kappa shape index (κ2) is 9.12. The summed E-state index contributed by atoms with van der Waals surface area (Å²) < 4.78 is 1.72. The molecule has 0 radical (unpaired) electrons. The number of hydrogen-bond acceptors (Lipinski definition) is 6. The number of aliphatic hydroxyl groups excluding tert-OH is 1. The molecule has 3 aromatic rings. The van der Waals surface area contributed by atoms with Crippen molar-refractivity contribution in [2.75, 3.05) is 6.54 Å². The maximum absolute atomic E-state index is 13.0. The highest BCUT2D eigenvalue weighted by atomic mass is 35.5. The molecule has 166 valence electrons. The van der Waals surface area contributed by atoms with Gasteiger partial charge < -0.3 is 26.0 Å². The molecule has 1 unspecified atom stereocenters. The molecule has 32 heavy (non-hydrogen) atoms. The Morgan fingerprint density at radius 2 is 2.09 bits per heavy atom. The van der Waals surface area contributed by atoms with Crippen molar-refractivity contribution in [2.45, 2.75) is 33.2 Å². The van der Waals surface area contributed by atoms with Gasteiger partial charge in [0.05, 0.1) is 22.9 Å². The van der Waals surface area contributed by atoms with Gasteiger partial charge in [0.2, 0.25) is 0 Å². The van der Waals surface area contributed by atoms with Gasteiger partial charge in [-0.25, -0.2) is 4.98 Å². The molecule has 4 rings (SSSR count). The number of allylic oxidation sites excluding steroid dienone is 1. The summed E-state index contributed by atoms with van der Waals surface area (Å²) in [6.07, 6.45) is 4.79. The molecule has 5 N–H and O–H groups in total. The van der Waals surface area contributed by atoms with E-state index in [1.165, 1.54) is 6.20 Å². The van der Waals surface area contributed by atoms with Crippen molar-refractivity contribution in [3.8, 4) is 0 Å². The van der Waals surface area contributed by atoms with Crippen molar-refractivity contribution in [1.29, 1.82) is 0 Å². The molecule has 0 spiro atoms. The predicted octanol–water partition coefficient (Wildman–Crippen LogP) is 2.46. The van der Waals surface area contributed by atoms with Gasteiger partial charge in [0.25, 0.3) is 5.91 Å². The highest BCUT2D eigenvalue weighted by Crippen LogP contribution is 2.20. The zero-order chi connectivity index (χ0) is 22.8. The van der Waals surface area contributed by atoms with Gasteiger partial charge in [0, 0.05) is 30.4 Å². The molecule has 1 aliphatic rings. The SMILES string of the molecule is CC1=CC(N)NC(C)=C1CNC(=O)c1cnc(CO)n1Cc1ccc2ncc(Cl)cc2c1. The molecule has 9 heteroatoms. The zero-order valence-corrected chi connectivity index (χ0v) is 18.6. The van der Waals surface area contributed by atoms with Crippen molar-refractivity contribution >= 4 is 28.4 Å². The van der Waals surface area contributed by atoms with E-state index in [1.54, 1.807) is 10.8 Å². The number of aliphatic hydroxyl groups is 1. The Hall–Kier alpha value is -3.20. The van der Waals surface area contributed by atoms with Gasteiger partial charge in [-0.3, -0.25) is 9.78 Å². The molecule has 3 heterocycles. The number of halogens is 1. The van der Waals surface area contributed by atoms with Crippen LogP contribution in [-0.2, 0) is 13.2 Å². The maximum Gasteiger partial charge on any atom is 0.269 e. The number of carbonyl (C=O) groups excluding carboxylic acids is 1. The molecule has 0 aliphatic carbocycles. The first-order valence-electron chi connectivity index (χ1n) is 10.2. The number of pyridine rings is 1. The van der Waals surface area contributed by atoms with E-state index in [9.17, 15) is 9.90 Å². The van der Waals surface area contributed by atoms with Crippen molar-refractivity contribution in [3.63, 3.8) is 0 Å². The van der Waals surface area contributed by atoms with E-state index in [1.807, 2.05) is 44.2 Å². The fourth-order valence-electron chi connectivity index (χ4n) is 3.91. The topological polar surface area (TPSA) is 118 Å². The number of amides is 1. The summed E-state index contributed by atoms with van der Waals surface area (Å²) in [5.74, 6) is 0.141. The van der Waals surface area contributed by atoms with E-state index in [-0.39, 0.29) is 18.7 Å². The fourth-order valence-corrected chi connectivity index (χ4v) is 4.08. The van der Waals surface area contributed by atoms with Gasteiger partial charge in [0.1, 0.15) is 18.1 Å². The first-order valence-corrected chi connectivity index (χ1v) is 10.6. The predicted molar refractivity (Wildman–Crippen MR) is 124 cm³/mol. The third-order valence-corrected chi connectivity index (χ3v) is 5.74. The van der Waals surface area contributed by atoms with Gasteiger partial charge >= 0.3 is 0 Å². The van der Waals surface area contributed by atoms with E-state index in [2.05, 4.69) is 20.6 Å². The highest BCUT2D eigenvalue weighted by molar-refractivity contribution is 6.31. The number of aromatic nitrogens is 3. The van der Waals surface area contributed by atoms with Crippen LogP contribution in [0.25, 0.3) is 10.9 Å². The van der Waals surface area contributed by atoms with E-state index < -0.39 is 0 Å². The molecule has 0 bridgehead atoms. The van der Waals surface area contributed by atoms with Crippen molar-refractivity contribution in [2.24, 2.45) is 5.73 Å². The standard InChI is InChI=1S/C23H25ClN6O2/c1-13-5-21(25)29-14(2)18(13)9-28-23(32)20-10-27-22(12-31)30(20)11-15-3-4-19-16(6-15)7-17(24)8-26-19/h3-8,10,21,29,31H,9,11-12,25H2,1-2H3,(H,28,32). The van der Waals surface area contributed by atoms with Gasteiger partial charge in [-0.1, -0.05) is 17.7 Å². The molecule has 1 amide bonds. The number of benzene rings is 1. The van der Waals surface area contributed by atoms with Crippen LogP contribution in [0.5, 0.6) is 0 Å². The third kappa shape index (κ3) is 4.52. The summed E-state index contributed by atoms with van der Waals surface area (Å²) in [5.41, 5.74) is 11.0. The van der Waals surface area contributed by atoms with Gasteiger partial charge in [0.15, 0.2) is 0 Å². The number of dihydropyridines is 1. The summed E-state index contributed by atoms with van der Waals surface area (Å²) in [6.45, 7) is 4.36. The van der Waals surface area contributed by atoms with Crippen LogP contribution in [-0.4, -0.2) is 38.3 Å². The number of imidazole rings is 1. The lowest BCUT2D eigenvalue weighted by Crippen LogP contribution is -2.39. The van der Waals surface area contributed by atoms with E-state index in [0.717, 1.165) is 33.3 Å². The van der Waals surface area contributed by atoms with Crippen molar-refractivity contribution in [1.82, 2.24) is 25.2 Å². The van der Waals surface area contributed by atoms with Crippen LogP contribution in [0.2, 0.25) is 5.02 Å². The van der Waals surface area contributed by atoms with E-state index >= 15 is 0 Å². The lowest BCUT2D eigenvalue weighted by Gasteiger charge is -2.24. The minimum atomic E-state index is -0.276. The first-order chi connectivity index (χ1) is 15.4. The van der Waals surface area contributed by atoms with Crippen LogP contribution in [0, 0.1) is 0 Å². The van der Waals surface area contributed by atoms with Gasteiger partial charge in [-0.2, -0.15) is 0 Å². The largest absolute Gasteiger partial charge is 0.388 e. The van der Waals surface area contributed by atoms with Crippen molar-refractivity contribution < 1.29 is 9.90 Å². The number of nitrogens with two attached hydrogens (primary N) is 1. The molecular formula is C23H25ClN6O2. The molecule has 0 fully saturated rings. The molecule has 1 atom stereocenters. The average Bonchev–Trinajstić information content (AvgIpc) is 3.15. The van der Waals surface area contributed by atoms with Crippen LogP contribution < -0.4 is 16.4 Å². The van der Waals surface area contributed by atoms with E-state index in [4.69, 9.17) is 17.3 Å². The van der Waals surface area contributed by atoms with Gasteiger partial charge in [-0.15, -0.1) is 0 Å². The molecule has 0 saturated heterocycles. The molecule has 1 aliphatic heterocycles. The Labute approximate surface area is 190 Å².